The molecule has 0 heterocycles. The minimum atomic E-state index is -0.418. The number of aryl methyl sites for hydroxylation is 1. The van der Waals surface area contributed by atoms with Crippen molar-refractivity contribution in [3.05, 3.63) is 64.1 Å². The van der Waals surface area contributed by atoms with Crippen LogP contribution in [-0.4, -0.2) is 26.1 Å². The molecule has 0 bridgehead atoms. The molecule has 1 unspecified atom stereocenters. The molecule has 6 heteroatoms. The van der Waals surface area contributed by atoms with Gasteiger partial charge in [0.2, 0.25) is 5.91 Å². The number of carbonyl (C=O) groups is 2. The lowest BCUT2D eigenvalue weighted by Gasteiger charge is -2.18. The summed E-state index contributed by atoms with van der Waals surface area (Å²) in [6.45, 7) is 0. The van der Waals surface area contributed by atoms with E-state index in [0.29, 0.717) is 12.8 Å². The van der Waals surface area contributed by atoms with Crippen LogP contribution in [0.1, 0.15) is 30.0 Å². The number of halogens is 1. The van der Waals surface area contributed by atoms with Crippen LogP contribution in [0.2, 0.25) is 0 Å². The second-order valence-electron chi connectivity index (χ2n) is 5.80. The molecule has 1 atom stereocenters. The minimum absolute atomic E-state index is 0.0897. The summed E-state index contributed by atoms with van der Waals surface area (Å²) in [5.74, 6) is 0.303. The van der Waals surface area contributed by atoms with E-state index in [1.807, 2.05) is 48.5 Å². The molecular weight excluding hydrogens is 398 g/mol. The van der Waals surface area contributed by atoms with Gasteiger partial charge in [0.05, 0.1) is 26.7 Å². The Morgan fingerprint density at radius 1 is 1.04 bits per heavy atom. The number of hydrogen-bond donors (Lipinski definition) is 1. The average molecular weight is 420 g/mol. The first-order chi connectivity index (χ1) is 12.5. The van der Waals surface area contributed by atoms with Gasteiger partial charge in [-0.25, -0.2) is 0 Å². The molecule has 0 saturated heterocycles. The van der Waals surface area contributed by atoms with Crippen molar-refractivity contribution in [1.29, 1.82) is 0 Å². The Kier molecular flexibility index (Phi) is 7.66. The molecule has 1 N–H and O–H groups in total. The lowest BCUT2D eigenvalue weighted by Crippen LogP contribution is -2.30. The van der Waals surface area contributed by atoms with E-state index in [-0.39, 0.29) is 18.3 Å². The number of carbonyl (C=O) groups excluding carboxylic acids is 2. The molecule has 0 saturated carbocycles. The summed E-state index contributed by atoms with van der Waals surface area (Å²) in [5.41, 5.74) is 1.91. The summed E-state index contributed by atoms with van der Waals surface area (Å²) in [4.78, 5) is 24.1. The van der Waals surface area contributed by atoms with Gasteiger partial charge in [-0.3, -0.25) is 9.59 Å². The molecule has 0 radical (unpaired) electrons. The van der Waals surface area contributed by atoms with Crippen molar-refractivity contribution in [3.63, 3.8) is 0 Å². The zero-order chi connectivity index (χ0) is 18.9. The third-order valence-electron chi connectivity index (χ3n) is 4.01. The number of benzene rings is 2. The summed E-state index contributed by atoms with van der Waals surface area (Å²) in [6, 6.07) is 14.7. The third kappa shape index (κ3) is 6.19. The lowest BCUT2D eigenvalue weighted by molar-refractivity contribution is -0.141. The average Bonchev–Trinajstić information content (AvgIpc) is 2.66. The zero-order valence-electron chi connectivity index (χ0n) is 14.8. The Hall–Kier alpha value is -2.34. The Balaban J connectivity index is 1.98. The number of esters is 1. The van der Waals surface area contributed by atoms with Crippen molar-refractivity contribution >= 4 is 27.8 Å². The van der Waals surface area contributed by atoms with E-state index < -0.39 is 6.04 Å². The summed E-state index contributed by atoms with van der Waals surface area (Å²) in [5, 5.41) is 2.93. The number of rotatable bonds is 8. The Morgan fingerprint density at radius 3 is 2.27 bits per heavy atom. The lowest BCUT2D eigenvalue weighted by atomic mass is 10.0. The topological polar surface area (TPSA) is 64.6 Å². The highest BCUT2D eigenvalue weighted by Crippen LogP contribution is 2.21. The van der Waals surface area contributed by atoms with Crippen molar-refractivity contribution < 1.29 is 19.1 Å². The second-order valence-corrected chi connectivity index (χ2v) is 6.72. The zero-order valence-corrected chi connectivity index (χ0v) is 16.4. The predicted molar refractivity (Wildman–Crippen MR) is 103 cm³/mol. The van der Waals surface area contributed by atoms with Crippen molar-refractivity contribution in [2.75, 3.05) is 14.2 Å². The van der Waals surface area contributed by atoms with Crippen LogP contribution in [0.4, 0.5) is 0 Å². The number of nitrogens with one attached hydrogen (secondary N) is 1. The molecule has 5 nitrogen and oxygen atoms in total. The second kappa shape index (κ2) is 9.97. The van der Waals surface area contributed by atoms with Gasteiger partial charge in [0.15, 0.2) is 0 Å². The van der Waals surface area contributed by atoms with Gasteiger partial charge in [-0.15, -0.1) is 0 Å². The number of hydrogen-bond acceptors (Lipinski definition) is 4. The molecule has 138 valence electrons. The van der Waals surface area contributed by atoms with E-state index in [4.69, 9.17) is 9.47 Å². The van der Waals surface area contributed by atoms with Gasteiger partial charge in [0, 0.05) is 10.9 Å². The molecule has 2 aromatic rings. The molecule has 0 aliphatic carbocycles. The number of methoxy groups -OCH3 is 2. The molecule has 0 spiro atoms. The highest BCUT2D eigenvalue weighted by molar-refractivity contribution is 9.10. The van der Waals surface area contributed by atoms with Gasteiger partial charge in [-0.2, -0.15) is 0 Å². The van der Waals surface area contributed by atoms with Gasteiger partial charge in [0.25, 0.3) is 0 Å². The van der Waals surface area contributed by atoms with E-state index in [0.717, 1.165) is 21.3 Å². The minimum Gasteiger partial charge on any atom is -0.497 e. The van der Waals surface area contributed by atoms with Crippen LogP contribution in [0, 0.1) is 0 Å². The third-order valence-corrected chi connectivity index (χ3v) is 4.53. The number of ether oxygens (including phenoxy) is 2. The maximum absolute atomic E-state index is 12.4. The predicted octanol–water partition coefficient (Wildman–Crippen LogP) is 3.81. The van der Waals surface area contributed by atoms with Crippen LogP contribution in [0.25, 0.3) is 0 Å². The largest absolute Gasteiger partial charge is 0.497 e. The first-order valence-electron chi connectivity index (χ1n) is 8.26. The number of amides is 1. The van der Waals surface area contributed by atoms with Crippen LogP contribution < -0.4 is 10.1 Å². The molecule has 0 aromatic heterocycles. The van der Waals surface area contributed by atoms with Crippen molar-refractivity contribution in [2.24, 2.45) is 0 Å². The monoisotopic (exact) mass is 419 g/mol. The summed E-state index contributed by atoms with van der Waals surface area (Å²) < 4.78 is 10.8. The quantitative estimate of drug-likeness (QED) is 0.660. The molecule has 0 aliphatic heterocycles. The Morgan fingerprint density at radius 2 is 1.69 bits per heavy atom. The van der Waals surface area contributed by atoms with E-state index >= 15 is 0 Å². The standard InChI is InChI=1S/C20H22BrNO4/c1-25-17-10-3-14(4-11-17)5-12-19(23)22-18(13-20(24)26-2)15-6-8-16(21)9-7-15/h3-4,6-11,18H,5,12-13H2,1-2H3,(H,22,23). The first kappa shape index (κ1) is 20.0. The summed E-state index contributed by atoms with van der Waals surface area (Å²) in [7, 11) is 2.96. The SMILES string of the molecule is COC(=O)CC(NC(=O)CCc1ccc(OC)cc1)c1ccc(Br)cc1. The summed E-state index contributed by atoms with van der Waals surface area (Å²) in [6.07, 6.45) is 1.04. The van der Waals surface area contributed by atoms with Crippen LogP contribution in [0.15, 0.2) is 53.0 Å². The molecule has 0 fully saturated rings. The van der Waals surface area contributed by atoms with E-state index in [1.54, 1.807) is 7.11 Å². The maximum atomic E-state index is 12.4. The van der Waals surface area contributed by atoms with Crippen LogP contribution in [0.3, 0.4) is 0 Å². The molecule has 2 rings (SSSR count). The first-order valence-corrected chi connectivity index (χ1v) is 9.05. The Bertz CT molecular complexity index is 728. The smallest absolute Gasteiger partial charge is 0.307 e. The van der Waals surface area contributed by atoms with Crippen LogP contribution >= 0.6 is 15.9 Å². The Labute approximate surface area is 161 Å². The molecule has 26 heavy (non-hydrogen) atoms. The van der Waals surface area contributed by atoms with Gasteiger partial charge < -0.3 is 14.8 Å². The van der Waals surface area contributed by atoms with Crippen molar-refractivity contribution in [1.82, 2.24) is 5.32 Å². The van der Waals surface area contributed by atoms with Crippen LogP contribution in [-0.2, 0) is 20.7 Å². The van der Waals surface area contributed by atoms with E-state index in [9.17, 15) is 9.59 Å². The van der Waals surface area contributed by atoms with E-state index in [2.05, 4.69) is 21.2 Å². The molecular formula is C20H22BrNO4. The van der Waals surface area contributed by atoms with Crippen molar-refractivity contribution in [3.8, 4) is 5.75 Å². The van der Waals surface area contributed by atoms with E-state index in [1.165, 1.54) is 7.11 Å². The summed E-state index contributed by atoms with van der Waals surface area (Å²) >= 11 is 3.38. The van der Waals surface area contributed by atoms with Gasteiger partial charge in [-0.05, 0) is 41.8 Å². The molecule has 1 amide bonds. The normalized spacial score (nSPS) is 11.5. The fourth-order valence-corrected chi connectivity index (χ4v) is 2.78. The fraction of sp³-hybridized carbons (Fsp3) is 0.300. The van der Waals surface area contributed by atoms with Gasteiger partial charge in [0.1, 0.15) is 5.75 Å². The highest BCUT2D eigenvalue weighted by atomic mass is 79.9. The van der Waals surface area contributed by atoms with Gasteiger partial charge in [-0.1, -0.05) is 40.2 Å². The maximum Gasteiger partial charge on any atom is 0.307 e. The molecule has 0 aliphatic rings. The van der Waals surface area contributed by atoms with Crippen molar-refractivity contribution in [2.45, 2.75) is 25.3 Å². The molecule has 2 aromatic carbocycles. The van der Waals surface area contributed by atoms with Crippen LogP contribution in [0.5, 0.6) is 5.75 Å². The highest BCUT2D eigenvalue weighted by Gasteiger charge is 2.19. The van der Waals surface area contributed by atoms with Gasteiger partial charge >= 0.3 is 5.97 Å². The fourth-order valence-electron chi connectivity index (χ4n) is 2.51.